The fourth-order valence-corrected chi connectivity index (χ4v) is 0.971. The predicted molar refractivity (Wildman–Crippen MR) is 54.2 cm³/mol. The molecule has 0 aliphatic heterocycles. The number of hydrogen-bond donors (Lipinski definition) is 0. The first-order valence-corrected chi connectivity index (χ1v) is 3.75. The van der Waals surface area contributed by atoms with Crippen molar-refractivity contribution < 1.29 is 0 Å². The fourth-order valence-electron chi connectivity index (χ4n) is 0.971. The van der Waals surface area contributed by atoms with Gasteiger partial charge in [-0.05, 0) is 6.08 Å². The molecule has 0 bridgehead atoms. The average molecular weight is 157 g/mol. The van der Waals surface area contributed by atoms with E-state index in [9.17, 15) is 0 Å². The first-order valence-electron chi connectivity index (χ1n) is 3.75. The van der Waals surface area contributed by atoms with E-state index in [1.807, 2.05) is 30.4 Å². The molecule has 1 heteroatoms. The van der Waals surface area contributed by atoms with Gasteiger partial charge in [-0.1, -0.05) is 43.5 Å². The molecule has 1 nitrogen and oxygen atoms in total. The standard InChI is InChI=1S/C11H11N/c1-3-7-10-8-5-6-9-11(10)12-4-2/h3-9H,1-2H2/b10-7-,12-11?. The minimum atomic E-state index is 0.924. The van der Waals surface area contributed by atoms with Crippen molar-refractivity contribution in [1.82, 2.24) is 0 Å². The molecule has 0 aromatic carbocycles. The molecule has 0 radical (unpaired) electrons. The monoisotopic (exact) mass is 157 g/mol. The molecule has 0 spiro atoms. The molecule has 1 rings (SSSR count). The summed E-state index contributed by atoms with van der Waals surface area (Å²) >= 11 is 0. The van der Waals surface area contributed by atoms with Gasteiger partial charge in [0.1, 0.15) is 0 Å². The SMILES string of the molecule is C=C/C=C1/C=CC=CC1=NC=C. The van der Waals surface area contributed by atoms with Crippen molar-refractivity contribution in [3.63, 3.8) is 0 Å². The summed E-state index contributed by atoms with van der Waals surface area (Å²) in [5, 5.41) is 0. The number of nitrogens with zero attached hydrogens (tertiary/aromatic N) is 1. The molecule has 60 valence electrons. The van der Waals surface area contributed by atoms with Crippen LogP contribution in [0.4, 0.5) is 0 Å². The molecule has 0 fully saturated rings. The third-order valence-electron chi connectivity index (χ3n) is 1.46. The first-order chi connectivity index (χ1) is 5.88. The van der Waals surface area contributed by atoms with Gasteiger partial charge in [0.25, 0.3) is 0 Å². The lowest BCUT2D eigenvalue weighted by Crippen LogP contribution is -1.98. The van der Waals surface area contributed by atoms with E-state index in [1.165, 1.54) is 6.20 Å². The number of rotatable bonds is 2. The Bertz CT molecular complexity index is 269. The number of allylic oxidation sites excluding steroid dienone is 7. The van der Waals surface area contributed by atoms with Crippen molar-refractivity contribution in [3.05, 3.63) is 61.4 Å². The summed E-state index contributed by atoms with van der Waals surface area (Å²) in [5.74, 6) is 0. The highest BCUT2D eigenvalue weighted by Crippen LogP contribution is 2.08. The summed E-state index contributed by atoms with van der Waals surface area (Å²) < 4.78 is 0. The van der Waals surface area contributed by atoms with E-state index in [-0.39, 0.29) is 0 Å². The molecule has 0 saturated carbocycles. The summed E-state index contributed by atoms with van der Waals surface area (Å²) in [6, 6.07) is 0. The smallest absolute Gasteiger partial charge is 0.0701 e. The van der Waals surface area contributed by atoms with Crippen LogP contribution in [-0.4, -0.2) is 5.71 Å². The Morgan fingerprint density at radius 2 is 1.92 bits per heavy atom. The van der Waals surface area contributed by atoms with E-state index >= 15 is 0 Å². The molecular weight excluding hydrogens is 146 g/mol. The molecule has 0 aromatic heterocycles. The van der Waals surface area contributed by atoms with Gasteiger partial charge in [0.05, 0.1) is 5.71 Å². The molecule has 0 atom stereocenters. The Morgan fingerprint density at radius 3 is 2.58 bits per heavy atom. The lowest BCUT2D eigenvalue weighted by atomic mass is 10.1. The normalized spacial score (nSPS) is 21.7. The second-order valence-electron chi connectivity index (χ2n) is 2.27. The van der Waals surface area contributed by atoms with Crippen LogP contribution < -0.4 is 0 Å². The number of hydrogen-bond acceptors (Lipinski definition) is 1. The maximum atomic E-state index is 4.11. The predicted octanol–water partition coefficient (Wildman–Crippen LogP) is 2.81. The van der Waals surface area contributed by atoms with Gasteiger partial charge in [0, 0.05) is 11.8 Å². The fraction of sp³-hybridized carbons (Fsp3) is 0. The summed E-state index contributed by atoms with van der Waals surface area (Å²) in [7, 11) is 0. The van der Waals surface area contributed by atoms with Crippen LogP contribution in [-0.2, 0) is 0 Å². The highest BCUT2D eigenvalue weighted by Gasteiger charge is 2.00. The first kappa shape index (κ1) is 8.47. The van der Waals surface area contributed by atoms with Gasteiger partial charge in [0.2, 0.25) is 0 Å². The molecular formula is C11H11N. The van der Waals surface area contributed by atoms with Crippen LogP contribution in [0.5, 0.6) is 0 Å². The molecule has 0 amide bonds. The Balaban J connectivity index is 3.00. The highest BCUT2D eigenvalue weighted by molar-refractivity contribution is 6.11. The Morgan fingerprint density at radius 1 is 1.17 bits per heavy atom. The summed E-state index contributed by atoms with van der Waals surface area (Å²) in [4.78, 5) is 4.11. The molecule has 0 N–H and O–H groups in total. The second-order valence-corrected chi connectivity index (χ2v) is 2.27. The third-order valence-corrected chi connectivity index (χ3v) is 1.46. The van der Waals surface area contributed by atoms with Crippen molar-refractivity contribution in [3.8, 4) is 0 Å². The Labute approximate surface area is 72.8 Å². The lowest BCUT2D eigenvalue weighted by Gasteiger charge is -2.03. The van der Waals surface area contributed by atoms with Crippen molar-refractivity contribution in [2.75, 3.05) is 0 Å². The third kappa shape index (κ3) is 1.92. The summed E-state index contributed by atoms with van der Waals surface area (Å²) in [6.45, 7) is 7.18. The highest BCUT2D eigenvalue weighted by atomic mass is 14.7. The largest absolute Gasteiger partial charge is 0.257 e. The van der Waals surface area contributed by atoms with Gasteiger partial charge in [0.15, 0.2) is 0 Å². The number of aliphatic imine (C=N–C) groups is 1. The van der Waals surface area contributed by atoms with Crippen molar-refractivity contribution in [2.24, 2.45) is 4.99 Å². The van der Waals surface area contributed by atoms with Crippen LogP contribution in [0.25, 0.3) is 0 Å². The van der Waals surface area contributed by atoms with Crippen LogP contribution in [0.3, 0.4) is 0 Å². The molecule has 0 heterocycles. The van der Waals surface area contributed by atoms with Gasteiger partial charge >= 0.3 is 0 Å². The van der Waals surface area contributed by atoms with E-state index in [2.05, 4.69) is 18.2 Å². The van der Waals surface area contributed by atoms with Gasteiger partial charge in [-0.15, -0.1) is 0 Å². The van der Waals surface area contributed by atoms with Crippen LogP contribution >= 0.6 is 0 Å². The Kier molecular flexibility index (Phi) is 3.03. The maximum absolute atomic E-state index is 4.11. The molecule has 0 aromatic rings. The minimum Gasteiger partial charge on any atom is -0.257 e. The van der Waals surface area contributed by atoms with Gasteiger partial charge < -0.3 is 0 Å². The minimum absolute atomic E-state index is 0.924. The van der Waals surface area contributed by atoms with E-state index in [1.54, 1.807) is 6.08 Å². The quantitative estimate of drug-likeness (QED) is 0.584. The van der Waals surface area contributed by atoms with E-state index in [0.29, 0.717) is 0 Å². The summed E-state index contributed by atoms with van der Waals surface area (Å²) in [5.41, 5.74) is 1.99. The van der Waals surface area contributed by atoms with Crippen LogP contribution in [0, 0.1) is 0 Å². The van der Waals surface area contributed by atoms with Gasteiger partial charge in [-0.2, -0.15) is 0 Å². The summed E-state index contributed by atoms with van der Waals surface area (Å²) in [6.07, 6.45) is 13.1. The van der Waals surface area contributed by atoms with E-state index < -0.39 is 0 Å². The van der Waals surface area contributed by atoms with Crippen molar-refractivity contribution in [1.29, 1.82) is 0 Å². The van der Waals surface area contributed by atoms with E-state index in [0.717, 1.165) is 11.3 Å². The zero-order valence-corrected chi connectivity index (χ0v) is 6.90. The van der Waals surface area contributed by atoms with Crippen LogP contribution in [0.15, 0.2) is 66.4 Å². The average Bonchev–Trinajstić information content (AvgIpc) is 2.09. The topological polar surface area (TPSA) is 12.4 Å². The maximum Gasteiger partial charge on any atom is 0.0701 e. The van der Waals surface area contributed by atoms with Crippen molar-refractivity contribution >= 4 is 5.71 Å². The molecule has 1 aliphatic rings. The molecule has 0 unspecified atom stereocenters. The molecule has 1 aliphatic carbocycles. The van der Waals surface area contributed by atoms with Crippen molar-refractivity contribution in [2.45, 2.75) is 0 Å². The van der Waals surface area contributed by atoms with Gasteiger partial charge in [-0.25, -0.2) is 0 Å². The van der Waals surface area contributed by atoms with Crippen LogP contribution in [0.2, 0.25) is 0 Å². The second kappa shape index (κ2) is 4.29. The molecule has 0 saturated heterocycles. The van der Waals surface area contributed by atoms with Gasteiger partial charge in [-0.3, -0.25) is 4.99 Å². The lowest BCUT2D eigenvalue weighted by molar-refractivity contribution is 1.55. The molecule has 12 heavy (non-hydrogen) atoms. The zero-order valence-electron chi connectivity index (χ0n) is 6.90. The van der Waals surface area contributed by atoms with Crippen LogP contribution in [0.1, 0.15) is 0 Å². The zero-order chi connectivity index (χ0) is 8.81. The van der Waals surface area contributed by atoms with E-state index in [4.69, 9.17) is 0 Å². The Hall–Kier alpha value is -1.63.